The summed E-state index contributed by atoms with van der Waals surface area (Å²) < 4.78 is 14.4. The third-order valence-electron chi connectivity index (χ3n) is 4.60. The predicted octanol–water partition coefficient (Wildman–Crippen LogP) is 4.08. The molecule has 2 aromatic rings. The zero-order chi connectivity index (χ0) is 16.4. The van der Waals surface area contributed by atoms with E-state index in [1.54, 1.807) is 12.1 Å². The summed E-state index contributed by atoms with van der Waals surface area (Å²) in [5.41, 5.74) is 2.70. The van der Waals surface area contributed by atoms with Gasteiger partial charge in [0, 0.05) is 24.7 Å². The fourth-order valence-electron chi connectivity index (χ4n) is 3.22. The Morgan fingerprint density at radius 2 is 2.00 bits per heavy atom. The van der Waals surface area contributed by atoms with Gasteiger partial charge >= 0.3 is 5.97 Å². The van der Waals surface area contributed by atoms with Crippen molar-refractivity contribution >= 4 is 11.7 Å². The van der Waals surface area contributed by atoms with Crippen molar-refractivity contribution in [3.63, 3.8) is 0 Å². The minimum absolute atomic E-state index is 0.0279. The molecule has 1 unspecified atom stereocenters. The molecule has 3 nitrogen and oxygen atoms in total. The number of carboxylic acids is 1. The lowest BCUT2D eigenvalue weighted by Gasteiger charge is -2.19. The maximum atomic E-state index is 14.4. The molecule has 3 rings (SSSR count). The van der Waals surface area contributed by atoms with Gasteiger partial charge in [-0.05, 0) is 42.2 Å². The van der Waals surface area contributed by atoms with E-state index in [-0.39, 0.29) is 11.5 Å². The summed E-state index contributed by atoms with van der Waals surface area (Å²) in [6, 6.07) is 13.1. The molecule has 0 aliphatic carbocycles. The number of halogens is 1. The molecule has 1 aliphatic rings. The van der Waals surface area contributed by atoms with E-state index in [9.17, 15) is 9.18 Å². The number of aromatic carboxylic acids is 1. The Morgan fingerprint density at radius 3 is 2.65 bits per heavy atom. The molecule has 120 valence electrons. The molecule has 23 heavy (non-hydrogen) atoms. The number of aryl methyl sites for hydroxylation is 1. The second kappa shape index (κ2) is 6.41. The monoisotopic (exact) mass is 313 g/mol. The maximum absolute atomic E-state index is 14.4. The molecule has 1 N–H and O–H groups in total. The number of carboxylic acid groups (broad SMARTS) is 1. The minimum atomic E-state index is -1.21. The first kappa shape index (κ1) is 15.5. The van der Waals surface area contributed by atoms with Gasteiger partial charge in [0.2, 0.25) is 0 Å². The largest absolute Gasteiger partial charge is 0.478 e. The van der Waals surface area contributed by atoms with Crippen LogP contribution < -0.4 is 4.90 Å². The average Bonchev–Trinajstić information content (AvgIpc) is 3.04. The van der Waals surface area contributed by atoms with Crippen molar-refractivity contribution in [2.75, 3.05) is 18.0 Å². The van der Waals surface area contributed by atoms with Crippen molar-refractivity contribution in [1.29, 1.82) is 0 Å². The van der Waals surface area contributed by atoms with Gasteiger partial charge < -0.3 is 10.0 Å². The average molecular weight is 313 g/mol. The van der Waals surface area contributed by atoms with E-state index in [4.69, 9.17) is 5.11 Å². The lowest BCUT2D eigenvalue weighted by molar-refractivity contribution is 0.0691. The van der Waals surface area contributed by atoms with Crippen LogP contribution in [0.1, 0.15) is 40.7 Å². The second-order valence-corrected chi connectivity index (χ2v) is 5.97. The molecule has 0 amide bonds. The van der Waals surface area contributed by atoms with Crippen molar-refractivity contribution < 1.29 is 14.3 Å². The first-order chi connectivity index (χ1) is 11.1. The van der Waals surface area contributed by atoms with E-state index in [0.29, 0.717) is 12.1 Å². The van der Waals surface area contributed by atoms with E-state index in [1.807, 2.05) is 0 Å². The normalized spacial score (nSPS) is 17.5. The highest BCUT2D eigenvalue weighted by molar-refractivity contribution is 5.88. The van der Waals surface area contributed by atoms with Crippen LogP contribution in [0.5, 0.6) is 0 Å². The van der Waals surface area contributed by atoms with Crippen LogP contribution in [0, 0.1) is 5.82 Å². The number of benzene rings is 2. The SMILES string of the molecule is CCc1ccc(N2CCC(c3cccc(C(=O)O)c3F)C2)cc1. The molecule has 1 atom stereocenters. The van der Waals surface area contributed by atoms with Crippen LogP contribution in [0.3, 0.4) is 0 Å². The molecular formula is C19H20FNO2. The molecular weight excluding hydrogens is 293 g/mol. The summed E-state index contributed by atoms with van der Waals surface area (Å²) in [6.07, 6.45) is 1.84. The predicted molar refractivity (Wildman–Crippen MR) is 88.8 cm³/mol. The molecule has 0 bridgehead atoms. The van der Waals surface area contributed by atoms with E-state index >= 15 is 0 Å². The van der Waals surface area contributed by atoms with Gasteiger partial charge in [-0.1, -0.05) is 31.2 Å². The standard InChI is InChI=1S/C19H20FNO2/c1-2-13-6-8-15(9-7-13)21-11-10-14(12-21)16-4-3-5-17(18(16)20)19(22)23/h3-9,14H,2,10-12H2,1H3,(H,22,23). The number of hydrogen-bond acceptors (Lipinski definition) is 2. The quantitative estimate of drug-likeness (QED) is 0.924. The zero-order valence-corrected chi connectivity index (χ0v) is 13.1. The third-order valence-corrected chi connectivity index (χ3v) is 4.60. The number of hydrogen-bond donors (Lipinski definition) is 1. The second-order valence-electron chi connectivity index (χ2n) is 5.97. The van der Waals surface area contributed by atoms with E-state index in [2.05, 4.69) is 36.1 Å². The molecule has 1 fully saturated rings. The van der Waals surface area contributed by atoms with Gasteiger partial charge in [0.15, 0.2) is 0 Å². The van der Waals surface area contributed by atoms with Gasteiger partial charge in [0.05, 0.1) is 5.56 Å². The van der Waals surface area contributed by atoms with Gasteiger partial charge in [-0.3, -0.25) is 0 Å². The van der Waals surface area contributed by atoms with Crippen LogP contribution in [-0.2, 0) is 6.42 Å². The molecule has 0 radical (unpaired) electrons. The van der Waals surface area contributed by atoms with E-state index in [1.165, 1.54) is 11.6 Å². The number of carbonyl (C=O) groups is 1. The Balaban J connectivity index is 1.79. The molecule has 2 aromatic carbocycles. The van der Waals surface area contributed by atoms with Gasteiger partial charge in [0.25, 0.3) is 0 Å². The lowest BCUT2D eigenvalue weighted by atomic mass is 9.96. The van der Waals surface area contributed by atoms with E-state index < -0.39 is 11.8 Å². The Morgan fingerprint density at radius 1 is 1.26 bits per heavy atom. The molecule has 0 spiro atoms. The zero-order valence-electron chi connectivity index (χ0n) is 13.1. The van der Waals surface area contributed by atoms with Crippen LogP contribution in [-0.4, -0.2) is 24.2 Å². The fourth-order valence-corrected chi connectivity index (χ4v) is 3.22. The Bertz CT molecular complexity index is 712. The molecule has 0 saturated carbocycles. The molecule has 1 heterocycles. The fraction of sp³-hybridized carbons (Fsp3) is 0.316. The molecule has 0 aromatic heterocycles. The third kappa shape index (κ3) is 3.07. The number of nitrogens with zero attached hydrogens (tertiary/aromatic N) is 1. The number of rotatable bonds is 4. The molecule has 1 aliphatic heterocycles. The smallest absolute Gasteiger partial charge is 0.338 e. The minimum Gasteiger partial charge on any atom is -0.478 e. The summed E-state index contributed by atoms with van der Waals surface area (Å²) in [5, 5.41) is 9.06. The highest BCUT2D eigenvalue weighted by atomic mass is 19.1. The van der Waals surface area contributed by atoms with Crippen LogP contribution in [0.15, 0.2) is 42.5 Å². The summed E-state index contributed by atoms with van der Waals surface area (Å²) in [7, 11) is 0. The lowest BCUT2D eigenvalue weighted by Crippen LogP contribution is -2.19. The Kier molecular flexibility index (Phi) is 4.33. The number of anilines is 1. The van der Waals surface area contributed by atoms with Crippen LogP contribution in [0.25, 0.3) is 0 Å². The van der Waals surface area contributed by atoms with Crippen molar-refractivity contribution in [2.24, 2.45) is 0 Å². The first-order valence-corrected chi connectivity index (χ1v) is 7.95. The van der Waals surface area contributed by atoms with E-state index in [0.717, 1.165) is 25.1 Å². The Hall–Kier alpha value is -2.36. The van der Waals surface area contributed by atoms with Crippen molar-refractivity contribution in [3.05, 3.63) is 65.0 Å². The van der Waals surface area contributed by atoms with Gasteiger partial charge in [-0.25, -0.2) is 9.18 Å². The van der Waals surface area contributed by atoms with Crippen LogP contribution in [0.2, 0.25) is 0 Å². The van der Waals surface area contributed by atoms with Crippen molar-refractivity contribution in [2.45, 2.75) is 25.7 Å². The highest BCUT2D eigenvalue weighted by Gasteiger charge is 2.27. The summed E-state index contributed by atoms with van der Waals surface area (Å²) in [4.78, 5) is 13.3. The topological polar surface area (TPSA) is 40.5 Å². The molecule has 1 saturated heterocycles. The van der Waals surface area contributed by atoms with Gasteiger partial charge in [-0.15, -0.1) is 0 Å². The first-order valence-electron chi connectivity index (χ1n) is 7.95. The summed E-state index contributed by atoms with van der Waals surface area (Å²) >= 11 is 0. The maximum Gasteiger partial charge on any atom is 0.338 e. The van der Waals surface area contributed by atoms with Crippen molar-refractivity contribution in [1.82, 2.24) is 0 Å². The summed E-state index contributed by atoms with van der Waals surface area (Å²) in [6.45, 7) is 3.69. The Labute approximate surface area is 135 Å². The summed E-state index contributed by atoms with van der Waals surface area (Å²) in [5.74, 6) is -1.78. The van der Waals surface area contributed by atoms with Crippen LogP contribution >= 0.6 is 0 Å². The van der Waals surface area contributed by atoms with Crippen LogP contribution in [0.4, 0.5) is 10.1 Å². The highest BCUT2D eigenvalue weighted by Crippen LogP contribution is 2.33. The van der Waals surface area contributed by atoms with Gasteiger partial charge in [0.1, 0.15) is 5.82 Å². The van der Waals surface area contributed by atoms with Crippen molar-refractivity contribution in [3.8, 4) is 0 Å². The molecule has 4 heteroatoms. The van der Waals surface area contributed by atoms with Gasteiger partial charge in [-0.2, -0.15) is 0 Å².